The van der Waals surface area contributed by atoms with Gasteiger partial charge in [0.2, 0.25) is 11.0 Å². The predicted molar refractivity (Wildman–Crippen MR) is 89.1 cm³/mol. The molecule has 3 heterocycles. The number of fused-ring (bicyclic) bond motifs is 1. The van der Waals surface area contributed by atoms with Crippen LogP contribution in [0.25, 0.3) is 0 Å². The normalized spacial score (nSPS) is 13.6. The summed E-state index contributed by atoms with van der Waals surface area (Å²) in [6.45, 7) is 3.63. The van der Waals surface area contributed by atoms with Gasteiger partial charge >= 0.3 is 0 Å². The molecule has 9 nitrogen and oxygen atoms in total. The maximum atomic E-state index is 12.2. The molecule has 0 aromatic carbocycles. The van der Waals surface area contributed by atoms with Crippen molar-refractivity contribution in [2.45, 2.75) is 19.8 Å². The Labute approximate surface area is 141 Å². The standard InChI is InChI=1S/C14H16N6O3S/c1-7(2)13-18-19-14(24-13)17-10(21)5-20-11(22)6-23-8-3-4-9(15)16-12(8)20/h3-4,7H,5-6H2,1-2H3,(H2,15,16)(H,17,19,21). The number of carbonyl (C=O) groups excluding carboxylic acids is 2. The van der Waals surface area contributed by atoms with Gasteiger partial charge in [0, 0.05) is 5.92 Å². The molecule has 1 aliphatic rings. The molecule has 2 aromatic rings. The van der Waals surface area contributed by atoms with Crippen LogP contribution in [0.1, 0.15) is 24.8 Å². The zero-order chi connectivity index (χ0) is 17.3. The van der Waals surface area contributed by atoms with Gasteiger partial charge in [-0.1, -0.05) is 25.2 Å². The Kier molecular flexibility index (Phi) is 4.30. The summed E-state index contributed by atoms with van der Waals surface area (Å²) in [5, 5.41) is 11.8. The van der Waals surface area contributed by atoms with Crippen molar-refractivity contribution in [1.29, 1.82) is 0 Å². The van der Waals surface area contributed by atoms with Crippen LogP contribution in [0, 0.1) is 0 Å². The second-order valence-electron chi connectivity index (χ2n) is 5.47. The molecule has 24 heavy (non-hydrogen) atoms. The third kappa shape index (κ3) is 3.27. The Hall–Kier alpha value is -2.75. The molecule has 0 atom stereocenters. The summed E-state index contributed by atoms with van der Waals surface area (Å²) in [6.07, 6.45) is 0. The summed E-state index contributed by atoms with van der Waals surface area (Å²) >= 11 is 1.30. The fraction of sp³-hybridized carbons (Fsp3) is 0.357. The SMILES string of the molecule is CC(C)c1nnc(NC(=O)CN2C(=O)COc3ccc(N)nc32)s1. The minimum atomic E-state index is -0.396. The molecule has 0 fully saturated rings. The van der Waals surface area contributed by atoms with Crippen LogP contribution in [-0.2, 0) is 9.59 Å². The first-order chi connectivity index (χ1) is 11.4. The summed E-state index contributed by atoms with van der Waals surface area (Å²) in [5.41, 5.74) is 5.65. The number of carbonyl (C=O) groups is 2. The van der Waals surface area contributed by atoms with E-state index in [1.807, 2.05) is 13.8 Å². The van der Waals surface area contributed by atoms with Gasteiger partial charge in [-0.25, -0.2) is 4.98 Å². The van der Waals surface area contributed by atoms with E-state index in [1.54, 1.807) is 12.1 Å². The molecule has 2 amide bonds. The van der Waals surface area contributed by atoms with Gasteiger partial charge in [-0.2, -0.15) is 0 Å². The van der Waals surface area contributed by atoms with Gasteiger partial charge in [0.1, 0.15) is 17.4 Å². The average Bonchev–Trinajstić information content (AvgIpc) is 2.99. The summed E-state index contributed by atoms with van der Waals surface area (Å²) in [5.74, 6) is 0.357. The molecule has 2 aromatic heterocycles. The van der Waals surface area contributed by atoms with E-state index >= 15 is 0 Å². The van der Waals surface area contributed by atoms with Crippen LogP contribution in [0.3, 0.4) is 0 Å². The smallest absolute Gasteiger partial charge is 0.266 e. The topological polar surface area (TPSA) is 123 Å². The second kappa shape index (κ2) is 6.40. The van der Waals surface area contributed by atoms with Gasteiger partial charge in [-0.3, -0.25) is 19.8 Å². The number of anilines is 3. The molecule has 0 unspecified atom stereocenters. The number of nitrogen functional groups attached to an aromatic ring is 1. The Morgan fingerprint density at radius 2 is 2.25 bits per heavy atom. The van der Waals surface area contributed by atoms with Crippen LogP contribution in [-0.4, -0.2) is 40.1 Å². The van der Waals surface area contributed by atoms with E-state index in [0.29, 0.717) is 10.9 Å². The Balaban J connectivity index is 1.74. The lowest BCUT2D eigenvalue weighted by Crippen LogP contribution is -2.44. The van der Waals surface area contributed by atoms with E-state index < -0.39 is 5.91 Å². The monoisotopic (exact) mass is 348 g/mol. The van der Waals surface area contributed by atoms with Crippen molar-refractivity contribution in [2.75, 3.05) is 29.1 Å². The lowest BCUT2D eigenvalue weighted by atomic mass is 10.2. The van der Waals surface area contributed by atoms with E-state index in [9.17, 15) is 9.59 Å². The lowest BCUT2D eigenvalue weighted by Gasteiger charge is -2.27. The molecule has 0 radical (unpaired) electrons. The fourth-order valence-corrected chi connectivity index (χ4v) is 2.84. The number of nitrogens with two attached hydrogens (primary N) is 1. The van der Waals surface area contributed by atoms with E-state index in [4.69, 9.17) is 10.5 Å². The maximum absolute atomic E-state index is 12.2. The number of pyridine rings is 1. The van der Waals surface area contributed by atoms with Gasteiger partial charge in [-0.15, -0.1) is 10.2 Å². The minimum Gasteiger partial charge on any atom is -0.480 e. The van der Waals surface area contributed by atoms with Crippen molar-refractivity contribution in [3.05, 3.63) is 17.1 Å². The molecular formula is C14H16N6O3S. The first-order valence-electron chi connectivity index (χ1n) is 7.27. The van der Waals surface area contributed by atoms with E-state index in [0.717, 1.165) is 5.01 Å². The number of rotatable bonds is 4. The fourth-order valence-electron chi connectivity index (χ4n) is 2.08. The van der Waals surface area contributed by atoms with Gasteiger partial charge < -0.3 is 10.5 Å². The highest BCUT2D eigenvalue weighted by molar-refractivity contribution is 7.15. The number of amides is 2. The number of hydrogen-bond donors (Lipinski definition) is 2. The van der Waals surface area contributed by atoms with Crippen LogP contribution < -0.4 is 20.7 Å². The van der Waals surface area contributed by atoms with Crippen LogP contribution in [0.15, 0.2) is 12.1 Å². The summed E-state index contributed by atoms with van der Waals surface area (Å²) in [7, 11) is 0. The number of ether oxygens (including phenoxy) is 1. The Bertz CT molecular complexity index is 791. The summed E-state index contributed by atoms with van der Waals surface area (Å²) in [6, 6.07) is 3.19. The number of hydrogen-bond acceptors (Lipinski definition) is 8. The number of nitrogens with zero attached hydrogens (tertiary/aromatic N) is 4. The molecular weight excluding hydrogens is 332 g/mol. The third-order valence-electron chi connectivity index (χ3n) is 3.25. The summed E-state index contributed by atoms with van der Waals surface area (Å²) in [4.78, 5) is 29.6. The van der Waals surface area contributed by atoms with Crippen LogP contribution >= 0.6 is 11.3 Å². The molecule has 1 aliphatic heterocycles. The van der Waals surface area contributed by atoms with Crippen molar-refractivity contribution in [1.82, 2.24) is 15.2 Å². The second-order valence-corrected chi connectivity index (χ2v) is 6.48. The molecule has 3 rings (SSSR count). The summed E-state index contributed by atoms with van der Waals surface area (Å²) < 4.78 is 5.29. The predicted octanol–water partition coefficient (Wildman–Crippen LogP) is 1.00. The van der Waals surface area contributed by atoms with Crippen LogP contribution in [0.2, 0.25) is 0 Å². The Morgan fingerprint density at radius 3 is 2.96 bits per heavy atom. The number of aromatic nitrogens is 3. The third-order valence-corrected chi connectivity index (χ3v) is 4.39. The average molecular weight is 348 g/mol. The van der Waals surface area contributed by atoms with Gasteiger partial charge in [0.25, 0.3) is 5.91 Å². The molecule has 0 aliphatic carbocycles. The van der Waals surface area contributed by atoms with Crippen LogP contribution in [0.4, 0.5) is 16.8 Å². The molecule has 10 heteroatoms. The van der Waals surface area contributed by atoms with Gasteiger partial charge in [0.05, 0.1) is 0 Å². The zero-order valence-corrected chi connectivity index (χ0v) is 14.0. The first kappa shape index (κ1) is 16.1. The van der Waals surface area contributed by atoms with E-state index in [-0.39, 0.29) is 36.6 Å². The van der Waals surface area contributed by atoms with Crippen molar-refractivity contribution in [3.8, 4) is 5.75 Å². The molecule has 0 bridgehead atoms. The molecule has 126 valence electrons. The van der Waals surface area contributed by atoms with Crippen molar-refractivity contribution in [2.24, 2.45) is 0 Å². The highest BCUT2D eigenvalue weighted by atomic mass is 32.1. The first-order valence-corrected chi connectivity index (χ1v) is 8.08. The molecule has 0 saturated heterocycles. The highest BCUT2D eigenvalue weighted by Gasteiger charge is 2.29. The molecule has 0 saturated carbocycles. The van der Waals surface area contributed by atoms with Crippen molar-refractivity contribution < 1.29 is 14.3 Å². The van der Waals surface area contributed by atoms with Crippen molar-refractivity contribution in [3.63, 3.8) is 0 Å². The molecule has 0 spiro atoms. The Morgan fingerprint density at radius 1 is 1.46 bits per heavy atom. The van der Waals surface area contributed by atoms with E-state index in [2.05, 4.69) is 20.5 Å². The van der Waals surface area contributed by atoms with Gasteiger partial charge in [-0.05, 0) is 12.1 Å². The van der Waals surface area contributed by atoms with Crippen molar-refractivity contribution >= 4 is 39.9 Å². The zero-order valence-electron chi connectivity index (χ0n) is 13.1. The quantitative estimate of drug-likeness (QED) is 0.845. The number of nitrogens with one attached hydrogen (secondary N) is 1. The lowest BCUT2D eigenvalue weighted by molar-refractivity contribution is -0.123. The molecule has 3 N–H and O–H groups in total. The largest absolute Gasteiger partial charge is 0.480 e. The van der Waals surface area contributed by atoms with Crippen LogP contribution in [0.5, 0.6) is 5.75 Å². The highest BCUT2D eigenvalue weighted by Crippen LogP contribution is 2.30. The van der Waals surface area contributed by atoms with Gasteiger partial charge in [0.15, 0.2) is 18.2 Å². The minimum absolute atomic E-state index is 0.151. The maximum Gasteiger partial charge on any atom is 0.266 e. The van der Waals surface area contributed by atoms with E-state index in [1.165, 1.54) is 16.2 Å².